The lowest BCUT2D eigenvalue weighted by Crippen LogP contribution is -2.30. The highest BCUT2D eigenvalue weighted by atomic mass is 16.5. The van der Waals surface area contributed by atoms with Gasteiger partial charge in [-0.05, 0) is 36.2 Å². The molecule has 2 aromatic heterocycles. The van der Waals surface area contributed by atoms with Crippen molar-refractivity contribution < 1.29 is 14.3 Å². The standard InChI is InChI=1S/C19H22N4O3/c1-23-12-13(15-5-4-9-20-18(15)23)8-10-21-19(24)22-16-11-14(25-2)6-7-17(16)26-3/h4-7,9,11-12H,8,10H2,1-3H3,(H2,21,22,24). The number of aromatic nitrogens is 2. The van der Waals surface area contributed by atoms with E-state index in [-0.39, 0.29) is 6.03 Å². The maximum Gasteiger partial charge on any atom is 0.319 e. The zero-order valence-electron chi connectivity index (χ0n) is 15.1. The third-order valence-corrected chi connectivity index (χ3v) is 4.15. The summed E-state index contributed by atoms with van der Waals surface area (Å²) in [4.78, 5) is 16.6. The first-order valence-electron chi connectivity index (χ1n) is 8.28. The fourth-order valence-corrected chi connectivity index (χ4v) is 2.88. The molecule has 0 saturated carbocycles. The summed E-state index contributed by atoms with van der Waals surface area (Å²) in [6.07, 6.45) is 4.54. The van der Waals surface area contributed by atoms with Crippen molar-refractivity contribution >= 4 is 22.8 Å². The molecule has 7 heteroatoms. The Bertz CT molecular complexity index is 920. The molecule has 0 saturated heterocycles. The van der Waals surface area contributed by atoms with Gasteiger partial charge in [-0.2, -0.15) is 0 Å². The minimum Gasteiger partial charge on any atom is -0.497 e. The van der Waals surface area contributed by atoms with Crippen LogP contribution in [-0.2, 0) is 13.5 Å². The van der Waals surface area contributed by atoms with E-state index in [0.29, 0.717) is 30.2 Å². The zero-order valence-corrected chi connectivity index (χ0v) is 15.1. The first-order valence-corrected chi connectivity index (χ1v) is 8.28. The van der Waals surface area contributed by atoms with E-state index in [1.165, 1.54) is 0 Å². The molecule has 0 bridgehead atoms. The zero-order chi connectivity index (χ0) is 18.5. The highest BCUT2D eigenvalue weighted by Gasteiger charge is 2.10. The van der Waals surface area contributed by atoms with E-state index in [9.17, 15) is 4.79 Å². The number of nitrogens with zero attached hydrogens (tertiary/aromatic N) is 2. The molecule has 7 nitrogen and oxygen atoms in total. The summed E-state index contributed by atoms with van der Waals surface area (Å²) in [5.41, 5.74) is 2.64. The van der Waals surface area contributed by atoms with Gasteiger partial charge >= 0.3 is 6.03 Å². The Hall–Kier alpha value is -3.22. The predicted molar refractivity (Wildman–Crippen MR) is 101 cm³/mol. The summed E-state index contributed by atoms with van der Waals surface area (Å²) >= 11 is 0. The quantitative estimate of drug-likeness (QED) is 0.713. The maximum atomic E-state index is 12.2. The Kier molecular flexibility index (Phi) is 5.26. The van der Waals surface area contributed by atoms with Crippen molar-refractivity contribution in [3.8, 4) is 11.5 Å². The van der Waals surface area contributed by atoms with Crippen LogP contribution in [0.5, 0.6) is 11.5 Å². The smallest absolute Gasteiger partial charge is 0.319 e. The van der Waals surface area contributed by atoms with Crippen LogP contribution in [0, 0.1) is 0 Å². The summed E-state index contributed by atoms with van der Waals surface area (Å²) in [5.74, 6) is 1.21. The molecule has 3 rings (SSSR count). The fourth-order valence-electron chi connectivity index (χ4n) is 2.88. The van der Waals surface area contributed by atoms with E-state index >= 15 is 0 Å². The van der Waals surface area contributed by atoms with Gasteiger partial charge in [-0.1, -0.05) is 0 Å². The van der Waals surface area contributed by atoms with Crippen molar-refractivity contribution in [2.45, 2.75) is 6.42 Å². The second-order valence-corrected chi connectivity index (χ2v) is 5.84. The number of pyridine rings is 1. The van der Waals surface area contributed by atoms with Crippen LogP contribution in [0.1, 0.15) is 5.56 Å². The number of benzene rings is 1. The number of anilines is 1. The Morgan fingerprint density at radius 2 is 2.08 bits per heavy atom. The number of fused-ring (bicyclic) bond motifs is 1. The average molecular weight is 354 g/mol. The molecule has 0 aliphatic carbocycles. The molecule has 0 aliphatic rings. The van der Waals surface area contributed by atoms with Crippen LogP contribution >= 0.6 is 0 Å². The van der Waals surface area contributed by atoms with E-state index in [1.807, 2.05) is 29.9 Å². The topological polar surface area (TPSA) is 77.4 Å². The lowest BCUT2D eigenvalue weighted by molar-refractivity contribution is 0.252. The van der Waals surface area contributed by atoms with Crippen molar-refractivity contribution in [2.75, 3.05) is 26.1 Å². The van der Waals surface area contributed by atoms with Crippen molar-refractivity contribution in [3.05, 3.63) is 48.3 Å². The second kappa shape index (κ2) is 7.77. The molecule has 2 N–H and O–H groups in total. The van der Waals surface area contributed by atoms with Crippen LogP contribution in [-0.4, -0.2) is 36.3 Å². The number of methoxy groups -OCH3 is 2. The number of carbonyl (C=O) groups excluding carboxylic acids is 1. The van der Waals surface area contributed by atoms with Crippen LogP contribution < -0.4 is 20.1 Å². The molecule has 0 fully saturated rings. The Morgan fingerprint density at radius 3 is 2.85 bits per heavy atom. The van der Waals surface area contributed by atoms with Crippen LogP contribution in [0.4, 0.5) is 10.5 Å². The van der Waals surface area contributed by atoms with Gasteiger partial charge < -0.3 is 24.7 Å². The van der Waals surface area contributed by atoms with Crippen LogP contribution in [0.15, 0.2) is 42.7 Å². The molecule has 3 aromatic rings. The number of urea groups is 1. The second-order valence-electron chi connectivity index (χ2n) is 5.84. The number of carbonyl (C=O) groups is 1. The number of hydrogen-bond acceptors (Lipinski definition) is 4. The monoisotopic (exact) mass is 354 g/mol. The predicted octanol–water partition coefficient (Wildman–Crippen LogP) is 2.95. The Morgan fingerprint density at radius 1 is 1.23 bits per heavy atom. The van der Waals surface area contributed by atoms with Gasteiger partial charge in [-0.25, -0.2) is 9.78 Å². The normalized spacial score (nSPS) is 10.6. The summed E-state index contributed by atoms with van der Waals surface area (Å²) in [7, 11) is 5.10. The number of ether oxygens (including phenoxy) is 2. The molecule has 0 aliphatic heterocycles. The third kappa shape index (κ3) is 3.72. The molecule has 136 valence electrons. The molecular formula is C19H22N4O3. The lowest BCUT2D eigenvalue weighted by atomic mass is 10.1. The van der Waals surface area contributed by atoms with Gasteiger partial charge in [0.2, 0.25) is 0 Å². The van der Waals surface area contributed by atoms with Gasteiger partial charge in [0, 0.05) is 37.4 Å². The number of nitrogens with one attached hydrogen (secondary N) is 2. The molecular weight excluding hydrogens is 332 g/mol. The minimum absolute atomic E-state index is 0.296. The number of rotatable bonds is 6. The maximum absolute atomic E-state index is 12.2. The lowest BCUT2D eigenvalue weighted by Gasteiger charge is -2.12. The van der Waals surface area contributed by atoms with Gasteiger partial charge in [-0.15, -0.1) is 0 Å². The van der Waals surface area contributed by atoms with Crippen molar-refractivity contribution in [2.24, 2.45) is 7.05 Å². The summed E-state index contributed by atoms with van der Waals surface area (Å²) in [6, 6.07) is 8.90. The van der Waals surface area contributed by atoms with Crippen LogP contribution in [0.2, 0.25) is 0 Å². The highest BCUT2D eigenvalue weighted by molar-refractivity contribution is 5.91. The third-order valence-electron chi connectivity index (χ3n) is 4.15. The number of aryl methyl sites for hydroxylation is 1. The van der Waals surface area contributed by atoms with E-state index in [1.54, 1.807) is 38.6 Å². The molecule has 2 amide bonds. The van der Waals surface area contributed by atoms with Gasteiger partial charge in [0.15, 0.2) is 0 Å². The average Bonchev–Trinajstić information content (AvgIpc) is 2.98. The van der Waals surface area contributed by atoms with Crippen molar-refractivity contribution in [3.63, 3.8) is 0 Å². The van der Waals surface area contributed by atoms with Crippen molar-refractivity contribution in [1.29, 1.82) is 0 Å². The summed E-state index contributed by atoms with van der Waals surface area (Å²) < 4.78 is 12.4. The van der Waals surface area contributed by atoms with Gasteiger partial charge in [0.25, 0.3) is 0 Å². The first-order chi connectivity index (χ1) is 12.6. The Labute approximate surface area is 151 Å². The van der Waals surface area contributed by atoms with Gasteiger partial charge in [0.1, 0.15) is 17.1 Å². The van der Waals surface area contributed by atoms with E-state index < -0.39 is 0 Å². The summed E-state index contributed by atoms with van der Waals surface area (Å²) in [6.45, 7) is 0.506. The minimum atomic E-state index is -0.296. The molecule has 0 radical (unpaired) electrons. The SMILES string of the molecule is COc1ccc(OC)c(NC(=O)NCCc2cn(C)c3ncccc23)c1. The highest BCUT2D eigenvalue weighted by Crippen LogP contribution is 2.28. The van der Waals surface area contributed by atoms with Crippen LogP contribution in [0.3, 0.4) is 0 Å². The number of hydrogen-bond donors (Lipinski definition) is 2. The molecule has 0 atom stereocenters. The van der Waals surface area contributed by atoms with Gasteiger partial charge in [-0.3, -0.25) is 0 Å². The molecule has 0 unspecified atom stereocenters. The van der Waals surface area contributed by atoms with Crippen LogP contribution in [0.25, 0.3) is 11.0 Å². The van der Waals surface area contributed by atoms with E-state index in [0.717, 1.165) is 16.6 Å². The molecule has 26 heavy (non-hydrogen) atoms. The van der Waals surface area contributed by atoms with E-state index in [2.05, 4.69) is 15.6 Å². The molecule has 0 spiro atoms. The van der Waals surface area contributed by atoms with Crippen molar-refractivity contribution in [1.82, 2.24) is 14.9 Å². The summed E-state index contributed by atoms with van der Waals surface area (Å²) in [5, 5.41) is 6.76. The first kappa shape index (κ1) is 17.6. The number of amides is 2. The molecule has 2 heterocycles. The Balaban J connectivity index is 1.61. The van der Waals surface area contributed by atoms with E-state index in [4.69, 9.17) is 9.47 Å². The largest absolute Gasteiger partial charge is 0.497 e. The molecule has 1 aromatic carbocycles. The van der Waals surface area contributed by atoms with Gasteiger partial charge in [0.05, 0.1) is 19.9 Å². The fraction of sp³-hybridized carbons (Fsp3) is 0.263.